The zero-order valence-electron chi connectivity index (χ0n) is 14.8. The molecule has 2 atom stereocenters. The van der Waals surface area contributed by atoms with E-state index in [1.165, 1.54) is 6.92 Å². The van der Waals surface area contributed by atoms with Crippen LogP contribution in [-0.4, -0.2) is 16.2 Å². The molecule has 0 aliphatic carbocycles. The van der Waals surface area contributed by atoms with Crippen LogP contribution in [0, 0.1) is 0 Å². The minimum atomic E-state index is -0.843. The summed E-state index contributed by atoms with van der Waals surface area (Å²) in [7, 11) is 0. The molecule has 6 heteroatoms. The molecule has 0 saturated heterocycles. The van der Waals surface area contributed by atoms with Crippen LogP contribution in [0.15, 0.2) is 65.1 Å². The van der Waals surface area contributed by atoms with Crippen molar-refractivity contribution in [1.29, 1.82) is 0 Å². The van der Waals surface area contributed by atoms with E-state index in [4.69, 9.17) is 14.9 Å². The van der Waals surface area contributed by atoms with E-state index in [1.807, 2.05) is 67.6 Å². The minimum Gasteiger partial charge on any atom is -0.447 e. The molecule has 0 amide bonds. The van der Waals surface area contributed by atoms with Crippen molar-refractivity contribution in [3.63, 3.8) is 0 Å². The molecule has 0 bridgehead atoms. The van der Waals surface area contributed by atoms with E-state index in [0.717, 1.165) is 11.1 Å². The number of ether oxygens (including phenoxy) is 1. The van der Waals surface area contributed by atoms with Crippen molar-refractivity contribution in [2.45, 2.75) is 31.9 Å². The summed E-state index contributed by atoms with van der Waals surface area (Å²) in [6.07, 6.45) is -0.221. The lowest BCUT2D eigenvalue weighted by Gasteiger charge is -2.20. The van der Waals surface area contributed by atoms with Gasteiger partial charge in [0, 0.05) is 12.5 Å². The van der Waals surface area contributed by atoms with Crippen molar-refractivity contribution in [2.75, 3.05) is 0 Å². The quantitative estimate of drug-likeness (QED) is 0.686. The summed E-state index contributed by atoms with van der Waals surface area (Å²) in [4.78, 5) is 11.5. The van der Waals surface area contributed by atoms with Gasteiger partial charge in [0.2, 0.25) is 12.0 Å². The molecule has 0 saturated carbocycles. The Labute approximate surface area is 152 Å². The lowest BCUT2D eigenvalue weighted by molar-refractivity contribution is -0.145. The smallest absolute Gasteiger partial charge is 0.303 e. The van der Waals surface area contributed by atoms with Crippen molar-refractivity contribution in [3.8, 4) is 0 Å². The summed E-state index contributed by atoms with van der Waals surface area (Å²) in [6, 6.07) is 19.1. The van der Waals surface area contributed by atoms with Crippen LogP contribution >= 0.6 is 0 Å². The third-order valence-corrected chi connectivity index (χ3v) is 3.95. The first-order valence-electron chi connectivity index (χ1n) is 8.34. The molecule has 0 radical (unpaired) electrons. The van der Waals surface area contributed by atoms with Gasteiger partial charge in [-0.15, -0.1) is 10.2 Å². The van der Waals surface area contributed by atoms with E-state index in [2.05, 4.69) is 10.2 Å². The third kappa shape index (κ3) is 4.15. The highest BCUT2D eigenvalue weighted by molar-refractivity contribution is 5.66. The molecule has 2 N–H and O–H groups in total. The molecule has 3 aromatic rings. The van der Waals surface area contributed by atoms with E-state index in [-0.39, 0.29) is 5.89 Å². The zero-order valence-corrected chi connectivity index (χ0v) is 14.8. The monoisotopic (exact) mass is 351 g/mol. The molecule has 2 aromatic carbocycles. The van der Waals surface area contributed by atoms with Crippen LogP contribution in [0.4, 0.5) is 0 Å². The highest BCUT2D eigenvalue weighted by atomic mass is 16.6. The lowest BCUT2D eigenvalue weighted by atomic mass is 9.94. The van der Waals surface area contributed by atoms with Gasteiger partial charge in [0.1, 0.15) is 0 Å². The van der Waals surface area contributed by atoms with Gasteiger partial charge >= 0.3 is 5.97 Å². The Bertz CT molecular complexity index is 860. The molecule has 0 aliphatic heterocycles. The first kappa shape index (κ1) is 17.8. The van der Waals surface area contributed by atoms with Gasteiger partial charge in [-0.3, -0.25) is 4.79 Å². The summed E-state index contributed by atoms with van der Waals surface area (Å²) >= 11 is 0. The van der Waals surface area contributed by atoms with Crippen LogP contribution in [0.3, 0.4) is 0 Å². The van der Waals surface area contributed by atoms with Crippen LogP contribution in [-0.2, 0) is 21.5 Å². The maximum absolute atomic E-state index is 11.5. The van der Waals surface area contributed by atoms with Crippen LogP contribution in [0.2, 0.25) is 0 Å². The van der Waals surface area contributed by atoms with Gasteiger partial charge in [-0.05, 0) is 18.9 Å². The number of hydrogen-bond donors (Lipinski definition) is 1. The van der Waals surface area contributed by atoms with Gasteiger partial charge in [0.25, 0.3) is 5.89 Å². The van der Waals surface area contributed by atoms with E-state index >= 15 is 0 Å². The Morgan fingerprint density at radius 3 is 2.35 bits per heavy atom. The maximum atomic E-state index is 11.5. The molecule has 0 aliphatic rings. The van der Waals surface area contributed by atoms with E-state index in [9.17, 15) is 4.79 Å². The predicted molar refractivity (Wildman–Crippen MR) is 96.0 cm³/mol. The van der Waals surface area contributed by atoms with Gasteiger partial charge in [-0.2, -0.15) is 0 Å². The average molecular weight is 351 g/mol. The fourth-order valence-electron chi connectivity index (χ4n) is 2.72. The van der Waals surface area contributed by atoms with Gasteiger partial charge in [0.05, 0.1) is 5.54 Å². The number of esters is 1. The second-order valence-electron chi connectivity index (χ2n) is 6.43. The van der Waals surface area contributed by atoms with E-state index in [1.54, 1.807) is 0 Å². The molecule has 134 valence electrons. The molecule has 0 spiro atoms. The molecule has 0 fully saturated rings. The molecular weight excluding hydrogens is 330 g/mol. The third-order valence-electron chi connectivity index (χ3n) is 3.95. The number of rotatable bonds is 6. The van der Waals surface area contributed by atoms with Gasteiger partial charge in [-0.25, -0.2) is 0 Å². The van der Waals surface area contributed by atoms with Gasteiger partial charge in [0.15, 0.2) is 0 Å². The fraction of sp³-hybridized carbons (Fsp3) is 0.250. The number of aromatic nitrogens is 2. The normalized spacial score (nSPS) is 14.4. The SMILES string of the molecule is CC(=O)O[C@H](c1ccccc1)c1nnc([C@@](C)(N)Cc2ccccc2)o1. The predicted octanol–water partition coefficient (Wildman–Crippen LogP) is 3.14. The highest BCUT2D eigenvalue weighted by Crippen LogP contribution is 2.28. The van der Waals surface area contributed by atoms with E-state index < -0.39 is 17.6 Å². The number of hydrogen-bond acceptors (Lipinski definition) is 6. The first-order valence-corrected chi connectivity index (χ1v) is 8.34. The summed E-state index contributed by atoms with van der Waals surface area (Å²) in [6.45, 7) is 3.18. The Morgan fingerprint density at radius 1 is 1.12 bits per heavy atom. The number of nitrogens with zero attached hydrogens (tertiary/aromatic N) is 2. The molecule has 1 aromatic heterocycles. The molecule has 3 rings (SSSR count). The number of benzene rings is 2. The minimum absolute atomic E-state index is 0.200. The van der Waals surface area contributed by atoms with Crippen molar-refractivity contribution < 1.29 is 13.9 Å². The Kier molecular flexibility index (Phi) is 5.14. The topological polar surface area (TPSA) is 91.2 Å². The Hall–Kier alpha value is -2.99. The fourth-order valence-corrected chi connectivity index (χ4v) is 2.72. The number of carbonyl (C=O) groups excluding carboxylic acids is 1. The van der Waals surface area contributed by atoms with Crippen LogP contribution in [0.1, 0.15) is 42.9 Å². The number of nitrogens with two attached hydrogens (primary N) is 1. The summed E-state index contributed by atoms with van der Waals surface area (Å²) in [5.74, 6) is 0.0639. The van der Waals surface area contributed by atoms with Crippen LogP contribution in [0.25, 0.3) is 0 Å². The van der Waals surface area contributed by atoms with Gasteiger partial charge in [-0.1, -0.05) is 60.7 Å². The summed E-state index contributed by atoms with van der Waals surface area (Å²) in [5.41, 5.74) is 7.39. The molecular formula is C20H21N3O3. The van der Waals surface area contributed by atoms with Crippen molar-refractivity contribution in [2.24, 2.45) is 5.73 Å². The van der Waals surface area contributed by atoms with Crippen LogP contribution in [0.5, 0.6) is 0 Å². The average Bonchev–Trinajstić information content (AvgIpc) is 3.12. The second-order valence-corrected chi connectivity index (χ2v) is 6.43. The molecule has 6 nitrogen and oxygen atoms in total. The zero-order chi connectivity index (χ0) is 18.6. The lowest BCUT2D eigenvalue weighted by Crippen LogP contribution is -2.35. The number of carbonyl (C=O) groups is 1. The van der Waals surface area contributed by atoms with Gasteiger partial charge < -0.3 is 14.9 Å². The van der Waals surface area contributed by atoms with E-state index in [0.29, 0.717) is 12.3 Å². The Morgan fingerprint density at radius 2 is 1.73 bits per heavy atom. The summed E-state index contributed by atoms with van der Waals surface area (Å²) < 4.78 is 11.2. The maximum Gasteiger partial charge on any atom is 0.303 e. The second kappa shape index (κ2) is 7.49. The summed E-state index contributed by atoms with van der Waals surface area (Å²) in [5, 5.41) is 8.18. The van der Waals surface area contributed by atoms with Crippen molar-refractivity contribution in [3.05, 3.63) is 83.6 Å². The van der Waals surface area contributed by atoms with Crippen molar-refractivity contribution in [1.82, 2.24) is 10.2 Å². The standard InChI is InChI=1S/C20H21N3O3/c1-14(24)25-17(16-11-7-4-8-12-16)18-22-23-19(26-18)20(2,21)13-15-9-5-3-6-10-15/h3-12,17H,13,21H2,1-2H3/t17-,20+/m1/s1. The largest absolute Gasteiger partial charge is 0.447 e. The highest BCUT2D eigenvalue weighted by Gasteiger charge is 2.31. The molecule has 26 heavy (non-hydrogen) atoms. The first-order chi connectivity index (χ1) is 12.5. The Balaban J connectivity index is 1.87. The van der Waals surface area contributed by atoms with Crippen molar-refractivity contribution >= 4 is 5.97 Å². The molecule has 0 unspecified atom stereocenters. The molecule has 1 heterocycles. The van der Waals surface area contributed by atoms with Crippen LogP contribution < -0.4 is 5.73 Å².